The molecule has 0 N–H and O–H groups in total. The van der Waals surface area contributed by atoms with Crippen LogP contribution in [0.1, 0.15) is 27.2 Å². The molecular formula is C11H24O3SSi. The van der Waals surface area contributed by atoms with E-state index in [1.807, 2.05) is 20.8 Å². The number of ether oxygens (including phenoxy) is 1. The number of carbonyl (C=O) groups is 1. The van der Waals surface area contributed by atoms with Crippen molar-refractivity contribution >= 4 is 24.6 Å². The topological polar surface area (TPSA) is 35.5 Å². The van der Waals surface area contributed by atoms with Crippen LogP contribution in [-0.4, -0.2) is 32.9 Å². The number of carbonyl (C=O) groups excluding carboxylic acids is 1. The van der Waals surface area contributed by atoms with Gasteiger partial charge in [0, 0.05) is 12.9 Å². The zero-order chi connectivity index (χ0) is 12.8. The predicted octanol–water partition coefficient (Wildman–Crippen LogP) is 3.05. The third kappa shape index (κ3) is 5.91. The van der Waals surface area contributed by atoms with Gasteiger partial charge < -0.3 is 9.16 Å². The molecule has 0 atom stereocenters. The van der Waals surface area contributed by atoms with Crippen molar-refractivity contribution in [2.45, 2.75) is 40.3 Å². The Hall–Kier alpha value is -0.00312. The lowest BCUT2D eigenvalue weighted by Gasteiger charge is -2.22. The fourth-order valence-electron chi connectivity index (χ4n) is 0.820. The second-order valence-electron chi connectivity index (χ2n) is 4.83. The summed E-state index contributed by atoms with van der Waals surface area (Å²) >= 11 is 1.78. The first-order valence-corrected chi connectivity index (χ1v) is 10.2. The Morgan fingerprint density at radius 2 is 1.94 bits per heavy atom. The van der Waals surface area contributed by atoms with Gasteiger partial charge in [0.25, 0.3) is 0 Å². The molecule has 0 unspecified atom stereocenters. The Kier molecular flexibility index (Phi) is 6.66. The molecule has 5 heteroatoms. The fraction of sp³-hybridized carbons (Fsp3) is 0.909. The average molecular weight is 264 g/mol. The third-order valence-corrected chi connectivity index (χ3v) is 7.94. The quantitative estimate of drug-likeness (QED) is 0.402. The number of rotatable bonds is 7. The maximum absolute atomic E-state index is 11.6. The van der Waals surface area contributed by atoms with Gasteiger partial charge in [-0.2, -0.15) is 11.2 Å². The first-order chi connectivity index (χ1) is 7.25. The second kappa shape index (κ2) is 6.66. The molecule has 0 amide bonds. The minimum Gasteiger partial charge on any atom is -0.464 e. The normalized spacial score (nSPS) is 12.6. The van der Waals surface area contributed by atoms with E-state index in [2.05, 4.69) is 13.1 Å². The van der Waals surface area contributed by atoms with Crippen LogP contribution in [0.5, 0.6) is 0 Å². The van der Waals surface area contributed by atoms with Gasteiger partial charge in [-0.3, -0.25) is 4.79 Å². The SMILES string of the molecule is CCC(C)(C)C(=O)OCCS[Si](C)(C)OC. The molecule has 0 rings (SSSR count). The Morgan fingerprint density at radius 1 is 1.38 bits per heavy atom. The van der Waals surface area contributed by atoms with E-state index in [-0.39, 0.29) is 11.4 Å². The summed E-state index contributed by atoms with van der Waals surface area (Å²) in [6, 6.07) is 0. The van der Waals surface area contributed by atoms with Gasteiger partial charge >= 0.3 is 5.97 Å². The average Bonchev–Trinajstić information content (AvgIpc) is 2.24. The Morgan fingerprint density at radius 3 is 2.38 bits per heavy atom. The molecule has 0 aromatic heterocycles. The minimum absolute atomic E-state index is 0.104. The lowest BCUT2D eigenvalue weighted by Crippen LogP contribution is -2.28. The van der Waals surface area contributed by atoms with Crippen LogP contribution in [-0.2, 0) is 14.0 Å². The molecule has 0 aromatic carbocycles. The molecule has 0 fully saturated rings. The van der Waals surface area contributed by atoms with Crippen molar-refractivity contribution in [2.75, 3.05) is 19.5 Å². The van der Waals surface area contributed by atoms with Crippen molar-refractivity contribution in [1.29, 1.82) is 0 Å². The second-order valence-corrected chi connectivity index (χ2v) is 12.5. The highest BCUT2D eigenvalue weighted by Gasteiger charge is 2.27. The van der Waals surface area contributed by atoms with E-state index in [0.29, 0.717) is 6.61 Å². The molecular weight excluding hydrogens is 240 g/mol. The van der Waals surface area contributed by atoms with E-state index in [1.165, 1.54) is 0 Å². The van der Waals surface area contributed by atoms with E-state index < -0.39 is 7.47 Å². The van der Waals surface area contributed by atoms with Crippen LogP contribution in [0.3, 0.4) is 0 Å². The predicted molar refractivity (Wildman–Crippen MR) is 72.0 cm³/mol. The highest BCUT2D eigenvalue weighted by molar-refractivity contribution is 8.27. The van der Waals surface area contributed by atoms with Crippen molar-refractivity contribution in [3.63, 3.8) is 0 Å². The van der Waals surface area contributed by atoms with Crippen molar-refractivity contribution in [3.05, 3.63) is 0 Å². The molecule has 0 radical (unpaired) electrons. The maximum Gasteiger partial charge on any atom is 0.311 e. The Labute approximate surface area is 104 Å². The summed E-state index contributed by atoms with van der Waals surface area (Å²) in [6.07, 6.45) is 0.803. The summed E-state index contributed by atoms with van der Waals surface area (Å²) < 4.78 is 10.6. The van der Waals surface area contributed by atoms with Crippen molar-refractivity contribution < 1.29 is 14.0 Å². The molecule has 0 saturated carbocycles. The van der Waals surface area contributed by atoms with Crippen LogP contribution in [0, 0.1) is 5.41 Å². The number of esters is 1. The van der Waals surface area contributed by atoms with E-state index in [1.54, 1.807) is 18.3 Å². The molecule has 0 heterocycles. The van der Waals surface area contributed by atoms with Gasteiger partial charge in [-0.05, 0) is 33.4 Å². The molecule has 0 aliphatic rings. The highest BCUT2D eigenvalue weighted by Crippen LogP contribution is 2.23. The molecule has 96 valence electrons. The van der Waals surface area contributed by atoms with Crippen LogP contribution in [0.4, 0.5) is 0 Å². The van der Waals surface area contributed by atoms with Gasteiger partial charge in [0.2, 0.25) is 7.47 Å². The molecule has 0 spiro atoms. The first-order valence-electron chi connectivity index (χ1n) is 5.61. The molecule has 0 aliphatic carbocycles. The summed E-state index contributed by atoms with van der Waals surface area (Å²) in [7, 11) is 0.163. The highest BCUT2D eigenvalue weighted by atomic mass is 32.4. The van der Waals surface area contributed by atoms with Gasteiger partial charge in [-0.25, -0.2) is 0 Å². The van der Waals surface area contributed by atoms with Gasteiger partial charge in [-0.15, -0.1) is 0 Å². The minimum atomic E-state index is -1.58. The smallest absolute Gasteiger partial charge is 0.311 e. The van der Waals surface area contributed by atoms with Crippen LogP contribution in [0.25, 0.3) is 0 Å². The lowest BCUT2D eigenvalue weighted by atomic mass is 9.91. The largest absolute Gasteiger partial charge is 0.464 e. The summed E-state index contributed by atoms with van der Waals surface area (Å²) in [6.45, 7) is 10.6. The Bertz CT molecular complexity index is 229. The number of hydrogen-bond acceptors (Lipinski definition) is 4. The Balaban J connectivity index is 3.80. The van der Waals surface area contributed by atoms with Crippen LogP contribution < -0.4 is 0 Å². The fourth-order valence-corrected chi connectivity index (χ4v) is 3.67. The van der Waals surface area contributed by atoms with Gasteiger partial charge in [0.15, 0.2) is 0 Å². The van der Waals surface area contributed by atoms with Crippen molar-refractivity contribution in [3.8, 4) is 0 Å². The van der Waals surface area contributed by atoms with Crippen LogP contribution >= 0.6 is 11.2 Å². The summed E-state index contributed by atoms with van der Waals surface area (Å²) in [5.41, 5.74) is -0.362. The zero-order valence-corrected chi connectivity index (χ0v) is 13.1. The molecule has 3 nitrogen and oxygen atoms in total. The van der Waals surface area contributed by atoms with Gasteiger partial charge in [0.1, 0.15) is 0 Å². The van der Waals surface area contributed by atoms with Gasteiger partial charge in [-0.1, -0.05) is 6.92 Å². The first kappa shape index (κ1) is 16.0. The molecule has 0 bridgehead atoms. The number of hydrogen-bond donors (Lipinski definition) is 0. The molecule has 16 heavy (non-hydrogen) atoms. The molecule has 0 aromatic rings. The molecule has 0 saturated heterocycles. The summed E-state index contributed by atoms with van der Waals surface area (Å²) in [5.74, 6) is 0.714. The lowest BCUT2D eigenvalue weighted by molar-refractivity contribution is -0.153. The summed E-state index contributed by atoms with van der Waals surface area (Å²) in [4.78, 5) is 11.6. The van der Waals surface area contributed by atoms with Crippen LogP contribution in [0.2, 0.25) is 13.1 Å². The van der Waals surface area contributed by atoms with Crippen LogP contribution in [0.15, 0.2) is 0 Å². The standard InChI is InChI=1S/C11H24O3SSi/c1-7-11(2,3)10(12)14-8-9-15-16(5,6)13-4/h7-9H2,1-6H3. The van der Waals surface area contributed by atoms with Gasteiger partial charge in [0.05, 0.1) is 12.0 Å². The van der Waals surface area contributed by atoms with Crippen molar-refractivity contribution in [1.82, 2.24) is 0 Å². The zero-order valence-electron chi connectivity index (χ0n) is 11.3. The summed E-state index contributed by atoms with van der Waals surface area (Å²) in [5, 5.41) is 0. The van der Waals surface area contributed by atoms with E-state index in [4.69, 9.17) is 9.16 Å². The van der Waals surface area contributed by atoms with E-state index in [0.717, 1.165) is 12.2 Å². The maximum atomic E-state index is 11.6. The third-order valence-electron chi connectivity index (χ3n) is 2.69. The van der Waals surface area contributed by atoms with E-state index in [9.17, 15) is 4.79 Å². The van der Waals surface area contributed by atoms with E-state index >= 15 is 0 Å². The monoisotopic (exact) mass is 264 g/mol. The molecule has 0 aliphatic heterocycles. The van der Waals surface area contributed by atoms with Crippen molar-refractivity contribution in [2.24, 2.45) is 5.41 Å².